The van der Waals surface area contributed by atoms with Crippen molar-refractivity contribution in [1.29, 1.82) is 5.26 Å². The van der Waals surface area contributed by atoms with Crippen LogP contribution in [0.4, 0.5) is 10.1 Å². The van der Waals surface area contributed by atoms with Gasteiger partial charge in [-0.2, -0.15) is 5.26 Å². The first-order valence-corrected chi connectivity index (χ1v) is 8.92. The molecule has 0 aromatic heterocycles. The fourth-order valence-electron chi connectivity index (χ4n) is 2.83. The predicted octanol–water partition coefficient (Wildman–Crippen LogP) is 5.39. The molecule has 0 N–H and O–H groups in total. The highest BCUT2D eigenvalue weighted by Crippen LogP contribution is 2.31. The number of methoxy groups -OCH3 is 1. The Bertz CT molecular complexity index is 1150. The Morgan fingerprint density at radius 3 is 2.63 bits per heavy atom. The zero-order chi connectivity index (χ0) is 21.5. The first-order chi connectivity index (χ1) is 14.5. The van der Waals surface area contributed by atoms with Crippen molar-refractivity contribution in [2.45, 2.75) is 6.61 Å². The highest BCUT2D eigenvalue weighted by Gasteiger charge is 2.11. The summed E-state index contributed by atoms with van der Waals surface area (Å²) < 4.78 is 25.1. The second kappa shape index (κ2) is 9.34. The van der Waals surface area contributed by atoms with Crippen molar-refractivity contribution < 1.29 is 18.8 Å². The van der Waals surface area contributed by atoms with Crippen LogP contribution in [0.25, 0.3) is 11.6 Å². The molecule has 0 fully saturated rings. The van der Waals surface area contributed by atoms with Gasteiger partial charge in [0.05, 0.1) is 23.7 Å². The molecule has 0 bridgehead atoms. The summed E-state index contributed by atoms with van der Waals surface area (Å²) in [5, 5.41) is 20.3. The van der Waals surface area contributed by atoms with E-state index in [-0.39, 0.29) is 23.4 Å². The Kier molecular flexibility index (Phi) is 6.40. The maximum atomic E-state index is 14.0. The van der Waals surface area contributed by atoms with Crippen molar-refractivity contribution in [2.75, 3.05) is 7.11 Å². The van der Waals surface area contributed by atoms with E-state index in [2.05, 4.69) is 0 Å². The molecular weight excluding hydrogens is 387 g/mol. The minimum absolute atomic E-state index is 0.0132. The molecule has 0 radical (unpaired) electrons. The summed E-state index contributed by atoms with van der Waals surface area (Å²) in [5.74, 6) is 0.375. The Morgan fingerprint density at radius 1 is 1.13 bits per heavy atom. The van der Waals surface area contributed by atoms with E-state index in [1.54, 1.807) is 48.5 Å². The van der Waals surface area contributed by atoms with Gasteiger partial charge in [0, 0.05) is 17.7 Å². The molecule has 3 rings (SSSR count). The molecule has 0 heterocycles. The molecule has 0 aliphatic heterocycles. The Labute approximate surface area is 172 Å². The second-order valence-corrected chi connectivity index (χ2v) is 6.28. The number of benzene rings is 3. The van der Waals surface area contributed by atoms with Gasteiger partial charge in [-0.3, -0.25) is 10.1 Å². The third kappa shape index (κ3) is 4.80. The van der Waals surface area contributed by atoms with Gasteiger partial charge < -0.3 is 9.47 Å². The quantitative estimate of drug-likeness (QED) is 0.228. The summed E-state index contributed by atoms with van der Waals surface area (Å²) in [7, 11) is 1.48. The smallest absolute Gasteiger partial charge is 0.269 e. The van der Waals surface area contributed by atoms with Crippen LogP contribution in [0, 0.1) is 27.3 Å². The molecule has 0 spiro atoms. The molecule has 3 aromatic carbocycles. The molecule has 0 atom stereocenters. The minimum Gasteiger partial charge on any atom is -0.493 e. The lowest BCUT2D eigenvalue weighted by Crippen LogP contribution is -1.99. The van der Waals surface area contributed by atoms with Crippen molar-refractivity contribution >= 4 is 17.3 Å². The zero-order valence-corrected chi connectivity index (χ0v) is 16.0. The van der Waals surface area contributed by atoms with Gasteiger partial charge in [-0.05, 0) is 35.4 Å². The van der Waals surface area contributed by atoms with Gasteiger partial charge in [-0.15, -0.1) is 0 Å². The molecule has 7 heteroatoms. The number of hydrogen-bond donors (Lipinski definition) is 0. The number of ether oxygens (including phenoxy) is 2. The number of nitriles is 1. The number of hydrogen-bond acceptors (Lipinski definition) is 5. The molecule has 150 valence electrons. The van der Waals surface area contributed by atoms with Gasteiger partial charge in [-0.1, -0.05) is 36.4 Å². The monoisotopic (exact) mass is 404 g/mol. The third-order valence-electron chi connectivity index (χ3n) is 4.30. The van der Waals surface area contributed by atoms with Gasteiger partial charge in [0.2, 0.25) is 0 Å². The highest BCUT2D eigenvalue weighted by atomic mass is 19.1. The average molecular weight is 404 g/mol. The number of nitro benzene ring substituents is 1. The van der Waals surface area contributed by atoms with Crippen LogP contribution >= 0.6 is 0 Å². The number of allylic oxidation sites excluding steroid dienone is 1. The summed E-state index contributed by atoms with van der Waals surface area (Å²) >= 11 is 0. The molecule has 0 aliphatic rings. The van der Waals surface area contributed by atoms with E-state index >= 15 is 0 Å². The largest absolute Gasteiger partial charge is 0.493 e. The highest BCUT2D eigenvalue weighted by molar-refractivity contribution is 5.90. The SMILES string of the molecule is COc1cc(C=C(C#N)c2ccccc2F)ccc1OCc1cccc([N+](=O)[O-])c1. The molecule has 0 saturated carbocycles. The first kappa shape index (κ1) is 20.6. The molecule has 0 saturated heterocycles. The van der Waals surface area contributed by atoms with Crippen LogP contribution in [-0.2, 0) is 6.61 Å². The number of non-ortho nitro benzene ring substituents is 1. The van der Waals surface area contributed by atoms with E-state index in [0.29, 0.717) is 22.6 Å². The Morgan fingerprint density at radius 2 is 1.93 bits per heavy atom. The summed E-state index contributed by atoms with van der Waals surface area (Å²) in [6, 6.07) is 19.3. The summed E-state index contributed by atoms with van der Waals surface area (Å²) in [5.41, 5.74) is 1.65. The summed E-state index contributed by atoms with van der Waals surface area (Å²) in [6.07, 6.45) is 1.56. The molecular formula is C23H17FN2O4. The Hall–Kier alpha value is -4.18. The minimum atomic E-state index is -0.478. The fraction of sp³-hybridized carbons (Fsp3) is 0.0870. The number of rotatable bonds is 7. The maximum absolute atomic E-state index is 14.0. The average Bonchev–Trinajstić information content (AvgIpc) is 2.77. The van der Waals surface area contributed by atoms with Crippen LogP contribution in [0.1, 0.15) is 16.7 Å². The summed E-state index contributed by atoms with van der Waals surface area (Å²) in [4.78, 5) is 10.4. The van der Waals surface area contributed by atoms with Gasteiger partial charge in [0.1, 0.15) is 12.4 Å². The number of halogens is 1. The van der Waals surface area contributed by atoms with Crippen molar-refractivity contribution in [3.8, 4) is 17.6 Å². The second-order valence-electron chi connectivity index (χ2n) is 6.28. The van der Waals surface area contributed by atoms with Crippen LogP contribution in [0.5, 0.6) is 11.5 Å². The number of nitrogens with zero attached hydrogens (tertiary/aromatic N) is 2. The molecule has 6 nitrogen and oxygen atoms in total. The topological polar surface area (TPSA) is 85.4 Å². The van der Waals surface area contributed by atoms with Gasteiger partial charge >= 0.3 is 0 Å². The van der Waals surface area contributed by atoms with Crippen LogP contribution in [0.3, 0.4) is 0 Å². The van der Waals surface area contributed by atoms with E-state index in [1.807, 2.05) is 6.07 Å². The van der Waals surface area contributed by atoms with Gasteiger partial charge in [0.25, 0.3) is 5.69 Å². The van der Waals surface area contributed by atoms with E-state index in [4.69, 9.17) is 9.47 Å². The van der Waals surface area contributed by atoms with E-state index in [0.717, 1.165) is 0 Å². The normalized spacial score (nSPS) is 10.9. The van der Waals surface area contributed by atoms with Crippen molar-refractivity contribution in [3.05, 3.63) is 99.4 Å². The van der Waals surface area contributed by atoms with Crippen LogP contribution in [0.2, 0.25) is 0 Å². The van der Waals surface area contributed by atoms with Crippen LogP contribution < -0.4 is 9.47 Å². The molecule has 0 amide bonds. The Balaban J connectivity index is 1.83. The van der Waals surface area contributed by atoms with Crippen LogP contribution in [0.15, 0.2) is 66.7 Å². The first-order valence-electron chi connectivity index (χ1n) is 8.92. The van der Waals surface area contributed by atoms with Crippen molar-refractivity contribution in [3.63, 3.8) is 0 Å². The lowest BCUT2D eigenvalue weighted by Gasteiger charge is -2.12. The predicted molar refractivity (Wildman–Crippen MR) is 110 cm³/mol. The van der Waals surface area contributed by atoms with E-state index in [9.17, 15) is 19.8 Å². The third-order valence-corrected chi connectivity index (χ3v) is 4.30. The molecule has 30 heavy (non-hydrogen) atoms. The van der Waals surface area contributed by atoms with Gasteiger partial charge in [-0.25, -0.2) is 4.39 Å². The van der Waals surface area contributed by atoms with Crippen molar-refractivity contribution in [1.82, 2.24) is 0 Å². The maximum Gasteiger partial charge on any atom is 0.269 e. The lowest BCUT2D eigenvalue weighted by atomic mass is 10.0. The lowest BCUT2D eigenvalue weighted by molar-refractivity contribution is -0.384. The molecule has 0 aliphatic carbocycles. The van der Waals surface area contributed by atoms with E-state index in [1.165, 1.54) is 31.4 Å². The zero-order valence-electron chi connectivity index (χ0n) is 16.0. The summed E-state index contributed by atoms with van der Waals surface area (Å²) in [6.45, 7) is 0.117. The van der Waals surface area contributed by atoms with Crippen molar-refractivity contribution in [2.24, 2.45) is 0 Å². The van der Waals surface area contributed by atoms with E-state index < -0.39 is 10.7 Å². The molecule has 3 aromatic rings. The standard InChI is InChI=1S/C23H17FN2O4/c1-29-23-13-16(11-18(14-25)20-7-2-3-8-21(20)24)9-10-22(23)30-15-17-5-4-6-19(12-17)26(27)28/h2-13H,15H2,1H3. The van der Waals surface area contributed by atoms with Crippen LogP contribution in [-0.4, -0.2) is 12.0 Å². The number of nitro groups is 1. The molecule has 0 unspecified atom stereocenters. The fourth-order valence-corrected chi connectivity index (χ4v) is 2.83. The van der Waals surface area contributed by atoms with Gasteiger partial charge in [0.15, 0.2) is 11.5 Å².